The van der Waals surface area contributed by atoms with Crippen molar-refractivity contribution < 1.29 is 18.8 Å². The first kappa shape index (κ1) is 20.7. The standard InChI is InChI=1S/C23H26N4O4/c1-4-21-24-22(25-31-21)16-5-8-18(9-6-16)26-11-13-27(14-12-26)23(28)17-7-10-19(29-2)20(15-17)30-3/h5-10,15H,4,11-14H2,1-3H3. The van der Waals surface area contributed by atoms with Crippen LogP contribution in [0.2, 0.25) is 0 Å². The van der Waals surface area contributed by atoms with E-state index in [2.05, 4.69) is 27.2 Å². The Morgan fingerprint density at radius 2 is 1.71 bits per heavy atom. The van der Waals surface area contributed by atoms with E-state index in [4.69, 9.17) is 14.0 Å². The summed E-state index contributed by atoms with van der Waals surface area (Å²) in [6, 6.07) is 13.4. The Labute approximate surface area is 181 Å². The lowest BCUT2D eigenvalue weighted by Crippen LogP contribution is -2.48. The zero-order valence-corrected chi connectivity index (χ0v) is 18.0. The first-order valence-corrected chi connectivity index (χ1v) is 10.3. The molecule has 3 aromatic rings. The minimum absolute atomic E-state index is 0.000198. The average molecular weight is 422 g/mol. The third-order valence-corrected chi connectivity index (χ3v) is 5.46. The van der Waals surface area contributed by atoms with Gasteiger partial charge in [0.05, 0.1) is 14.2 Å². The molecule has 1 aliphatic rings. The number of methoxy groups -OCH3 is 2. The molecule has 0 saturated carbocycles. The molecular formula is C23H26N4O4. The van der Waals surface area contributed by atoms with E-state index < -0.39 is 0 Å². The van der Waals surface area contributed by atoms with Crippen LogP contribution in [0.25, 0.3) is 11.4 Å². The van der Waals surface area contributed by atoms with Gasteiger partial charge in [-0.15, -0.1) is 0 Å². The summed E-state index contributed by atoms with van der Waals surface area (Å²) in [5.74, 6) is 2.40. The van der Waals surface area contributed by atoms with E-state index in [1.54, 1.807) is 32.4 Å². The molecule has 0 bridgehead atoms. The average Bonchev–Trinajstić information content (AvgIpc) is 3.33. The first-order chi connectivity index (χ1) is 15.1. The van der Waals surface area contributed by atoms with Gasteiger partial charge in [-0.05, 0) is 42.5 Å². The molecule has 0 radical (unpaired) electrons. The lowest BCUT2D eigenvalue weighted by molar-refractivity contribution is 0.0746. The number of benzene rings is 2. The van der Waals surface area contributed by atoms with Gasteiger partial charge in [-0.3, -0.25) is 4.79 Å². The summed E-state index contributed by atoms with van der Waals surface area (Å²) < 4.78 is 15.8. The van der Waals surface area contributed by atoms with Crippen molar-refractivity contribution in [1.82, 2.24) is 15.0 Å². The molecule has 0 atom stereocenters. The van der Waals surface area contributed by atoms with Crippen molar-refractivity contribution in [2.45, 2.75) is 13.3 Å². The van der Waals surface area contributed by atoms with Crippen molar-refractivity contribution in [2.75, 3.05) is 45.3 Å². The Hall–Kier alpha value is -3.55. The predicted molar refractivity (Wildman–Crippen MR) is 117 cm³/mol. The fourth-order valence-corrected chi connectivity index (χ4v) is 3.66. The van der Waals surface area contributed by atoms with Crippen molar-refractivity contribution >= 4 is 11.6 Å². The van der Waals surface area contributed by atoms with Gasteiger partial charge in [-0.25, -0.2) is 0 Å². The number of rotatable bonds is 6. The van der Waals surface area contributed by atoms with E-state index in [-0.39, 0.29) is 5.91 Å². The van der Waals surface area contributed by atoms with Gasteiger partial charge in [0.15, 0.2) is 11.5 Å². The molecule has 0 N–H and O–H groups in total. The van der Waals surface area contributed by atoms with Crippen molar-refractivity contribution in [3.05, 3.63) is 53.9 Å². The topological polar surface area (TPSA) is 80.9 Å². The van der Waals surface area contributed by atoms with Crippen LogP contribution in [-0.4, -0.2) is 61.3 Å². The molecule has 31 heavy (non-hydrogen) atoms. The van der Waals surface area contributed by atoms with Gasteiger partial charge < -0.3 is 23.8 Å². The zero-order chi connectivity index (χ0) is 21.8. The van der Waals surface area contributed by atoms with Crippen LogP contribution in [0.15, 0.2) is 47.0 Å². The summed E-state index contributed by atoms with van der Waals surface area (Å²) in [5, 5.41) is 4.02. The normalized spacial score (nSPS) is 13.9. The molecule has 0 unspecified atom stereocenters. The molecule has 8 nitrogen and oxygen atoms in total. The largest absolute Gasteiger partial charge is 0.493 e. The molecule has 1 saturated heterocycles. The Kier molecular flexibility index (Phi) is 6.06. The van der Waals surface area contributed by atoms with E-state index >= 15 is 0 Å². The molecule has 4 rings (SSSR count). The second-order valence-electron chi connectivity index (χ2n) is 7.26. The summed E-state index contributed by atoms with van der Waals surface area (Å²) in [4.78, 5) is 21.4. The highest BCUT2D eigenvalue weighted by atomic mass is 16.5. The summed E-state index contributed by atoms with van der Waals surface area (Å²) in [6.45, 7) is 4.82. The number of hydrogen-bond donors (Lipinski definition) is 0. The van der Waals surface area contributed by atoms with Gasteiger partial charge >= 0.3 is 0 Å². The van der Waals surface area contributed by atoms with Gasteiger partial charge in [-0.1, -0.05) is 12.1 Å². The molecule has 1 aromatic heterocycles. The van der Waals surface area contributed by atoms with E-state index in [1.807, 2.05) is 24.0 Å². The summed E-state index contributed by atoms with van der Waals surface area (Å²) in [7, 11) is 3.15. The Bertz CT molecular complexity index is 1040. The maximum atomic E-state index is 12.9. The van der Waals surface area contributed by atoms with Crippen LogP contribution in [0.4, 0.5) is 5.69 Å². The number of aromatic nitrogens is 2. The Balaban J connectivity index is 1.38. The van der Waals surface area contributed by atoms with Crippen LogP contribution in [0, 0.1) is 0 Å². The lowest BCUT2D eigenvalue weighted by Gasteiger charge is -2.36. The number of piperazine rings is 1. The van der Waals surface area contributed by atoms with Crippen LogP contribution < -0.4 is 14.4 Å². The van der Waals surface area contributed by atoms with E-state index in [9.17, 15) is 4.79 Å². The molecule has 2 aromatic carbocycles. The lowest BCUT2D eigenvalue weighted by atomic mass is 10.1. The van der Waals surface area contributed by atoms with Crippen molar-refractivity contribution in [2.24, 2.45) is 0 Å². The molecule has 1 amide bonds. The van der Waals surface area contributed by atoms with E-state index in [1.165, 1.54) is 0 Å². The van der Waals surface area contributed by atoms with Crippen molar-refractivity contribution in [3.8, 4) is 22.9 Å². The summed E-state index contributed by atoms with van der Waals surface area (Å²) in [5.41, 5.74) is 2.64. The number of carbonyl (C=O) groups is 1. The van der Waals surface area contributed by atoms with Gasteiger partial charge in [0.2, 0.25) is 11.7 Å². The summed E-state index contributed by atoms with van der Waals surface area (Å²) in [6.07, 6.45) is 0.720. The van der Waals surface area contributed by atoms with Gasteiger partial charge in [0.1, 0.15) is 0 Å². The smallest absolute Gasteiger partial charge is 0.254 e. The molecule has 0 spiro atoms. The number of amides is 1. The van der Waals surface area contributed by atoms with Crippen LogP contribution in [-0.2, 0) is 6.42 Å². The van der Waals surface area contributed by atoms with Crippen LogP contribution in [0.1, 0.15) is 23.2 Å². The fourth-order valence-electron chi connectivity index (χ4n) is 3.66. The van der Waals surface area contributed by atoms with Gasteiger partial charge in [-0.2, -0.15) is 4.98 Å². The molecule has 2 heterocycles. The van der Waals surface area contributed by atoms with Gasteiger partial charge in [0, 0.05) is 49.4 Å². The molecule has 0 aliphatic carbocycles. The van der Waals surface area contributed by atoms with Gasteiger partial charge in [0.25, 0.3) is 5.91 Å². The zero-order valence-electron chi connectivity index (χ0n) is 18.0. The van der Waals surface area contributed by atoms with Crippen LogP contribution >= 0.6 is 0 Å². The molecule has 162 valence electrons. The second-order valence-corrected chi connectivity index (χ2v) is 7.26. The molecule has 1 aliphatic heterocycles. The highest BCUT2D eigenvalue weighted by molar-refractivity contribution is 5.95. The highest BCUT2D eigenvalue weighted by Gasteiger charge is 2.23. The minimum atomic E-state index is -0.000198. The molecule has 1 fully saturated rings. The quantitative estimate of drug-likeness (QED) is 0.603. The fraction of sp³-hybridized carbons (Fsp3) is 0.348. The number of carbonyl (C=O) groups excluding carboxylic acids is 1. The number of aryl methyl sites for hydroxylation is 1. The Morgan fingerprint density at radius 1 is 1.00 bits per heavy atom. The third kappa shape index (κ3) is 4.33. The minimum Gasteiger partial charge on any atom is -0.493 e. The maximum absolute atomic E-state index is 12.9. The number of anilines is 1. The van der Waals surface area contributed by atoms with Crippen molar-refractivity contribution in [3.63, 3.8) is 0 Å². The van der Waals surface area contributed by atoms with Crippen molar-refractivity contribution in [1.29, 1.82) is 0 Å². The second kappa shape index (κ2) is 9.07. The van der Waals surface area contributed by atoms with Crippen LogP contribution in [0.5, 0.6) is 11.5 Å². The first-order valence-electron chi connectivity index (χ1n) is 10.3. The maximum Gasteiger partial charge on any atom is 0.254 e. The monoisotopic (exact) mass is 422 g/mol. The summed E-state index contributed by atoms with van der Waals surface area (Å²) >= 11 is 0. The molecular weight excluding hydrogens is 396 g/mol. The number of ether oxygens (including phenoxy) is 2. The van der Waals surface area contributed by atoms with E-state index in [0.717, 1.165) is 30.8 Å². The number of hydrogen-bond acceptors (Lipinski definition) is 7. The third-order valence-electron chi connectivity index (χ3n) is 5.46. The Morgan fingerprint density at radius 3 is 2.32 bits per heavy atom. The molecule has 8 heteroatoms. The highest BCUT2D eigenvalue weighted by Crippen LogP contribution is 2.28. The SMILES string of the molecule is CCc1nc(-c2ccc(N3CCN(C(=O)c4ccc(OC)c(OC)c4)CC3)cc2)no1. The van der Waals surface area contributed by atoms with E-state index in [0.29, 0.717) is 41.9 Å². The predicted octanol–water partition coefficient (Wildman–Crippen LogP) is 3.28. The van der Waals surface area contributed by atoms with Crippen LogP contribution in [0.3, 0.4) is 0 Å². The number of nitrogens with zero attached hydrogens (tertiary/aromatic N) is 4.